The number of benzene rings is 3. The standard InChI is InChI=1S/C30H34F3N5O2/c1-4-38(5-2)18-19-40-24-16-14-23(15-17-24)30(34)35-20-25(21-10-12-22(13-11-21)29(31,32)33)28(37-30)36-26-8-6-7-9-27(26)39-3/h6-17,20,36-37H,4-5,18-19,34H2,1-3H3. The fourth-order valence-electron chi connectivity index (χ4n) is 4.34. The van der Waals surface area contributed by atoms with Gasteiger partial charge in [0.15, 0.2) is 0 Å². The lowest BCUT2D eigenvalue weighted by Gasteiger charge is -2.34. The second-order valence-electron chi connectivity index (χ2n) is 9.24. The summed E-state index contributed by atoms with van der Waals surface area (Å²) in [5.74, 6) is 0.411. The van der Waals surface area contributed by atoms with Crippen LogP contribution in [0.15, 0.2) is 83.6 Å². The van der Waals surface area contributed by atoms with Crippen molar-refractivity contribution in [3.8, 4) is 11.5 Å². The molecular weight excluding hydrogens is 519 g/mol. The molecule has 1 aliphatic heterocycles. The topological polar surface area (TPSA) is 84.1 Å². The summed E-state index contributed by atoms with van der Waals surface area (Å²) in [6.45, 7) is 7.56. The molecule has 1 aliphatic rings. The van der Waals surface area contributed by atoms with E-state index in [0.717, 1.165) is 31.8 Å². The number of nitrogens with one attached hydrogen (secondary N) is 2. The molecule has 0 amide bonds. The molecule has 3 aromatic carbocycles. The molecule has 212 valence electrons. The van der Waals surface area contributed by atoms with Crippen molar-refractivity contribution in [2.24, 2.45) is 10.7 Å². The highest BCUT2D eigenvalue weighted by molar-refractivity contribution is 6.12. The number of aliphatic imine (C=N–C) groups is 1. The lowest BCUT2D eigenvalue weighted by Crippen LogP contribution is -2.51. The van der Waals surface area contributed by atoms with Crippen LogP contribution in [-0.4, -0.2) is 44.5 Å². The van der Waals surface area contributed by atoms with Gasteiger partial charge in [-0.1, -0.05) is 38.1 Å². The van der Waals surface area contributed by atoms with E-state index in [1.165, 1.54) is 12.1 Å². The van der Waals surface area contributed by atoms with Gasteiger partial charge in [0.25, 0.3) is 0 Å². The maximum Gasteiger partial charge on any atom is 0.416 e. The number of ether oxygens (including phenoxy) is 2. The van der Waals surface area contributed by atoms with Gasteiger partial charge in [0.1, 0.15) is 23.9 Å². The minimum absolute atomic E-state index is 0.460. The predicted octanol–water partition coefficient (Wildman–Crippen LogP) is 5.66. The van der Waals surface area contributed by atoms with E-state index in [1.54, 1.807) is 19.4 Å². The Kier molecular flexibility index (Phi) is 9.01. The van der Waals surface area contributed by atoms with Crippen molar-refractivity contribution in [1.29, 1.82) is 0 Å². The molecule has 1 heterocycles. The van der Waals surface area contributed by atoms with Crippen LogP contribution < -0.4 is 25.8 Å². The van der Waals surface area contributed by atoms with Crippen LogP contribution in [0.4, 0.5) is 18.9 Å². The summed E-state index contributed by atoms with van der Waals surface area (Å²) >= 11 is 0. The molecule has 3 aromatic rings. The number of hydrogen-bond acceptors (Lipinski definition) is 7. The van der Waals surface area contributed by atoms with Crippen LogP contribution in [0.2, 0.25) is 0 Å². The molecule has 0 bridgehead atoms. The summed E-state index contributed by atoms with van der Waals surface area (Å²) in [5, 5.41) is 6.56. The van der Waals surface area contributed by atoms with Crippen molar-refractivity contribution in [1.82, 2.24) is 10.2 Å². The minimum atomic E-state index is -4.43. The van der Waals surface area contributed by atoms with Crippen molar-refractivity contribution < 1.29 is 22.6 Å². The molecule has 0 saturated heterocycles. The highest BCUT2D eigenvalue weighted by atomic mass is 19.4. The Hall–Kier alpha value is -4.02. The quantitative estimate of drug-likeness (QED) is 0.284. The molecule has 0 aliphatic carbocycles. The largest absolute Gasteiger partial charge is 0.495 e. The number of nitrogens with zero attached hydrogens (tertiary/aromatic N) is 2. The molecule has 0 aromatic heterocycles. The van der Waals surface area contributed by atoms with E-state index in [4.69, 9.17) is 15.2 Å². The molecule has 1 atom stereocenters. The van der Waals surface area contributed by atoms with Crippen LogP contribution in [0, 0.1) is 0 Å². The van der Waals surface area contributed by atoms with Gasteiger partial charge in [0.05, 0.1) is 18.4 Å². The number of halogens is 3. The number of rotatable bonds is 11. The van der Waals surface area contributed by atoms with Gasteiger partial charge in [-0.25, -0.2) is 4.99 Å². The zero-order chi connectivity index (χ0) is 28.8. The fourth-order valence-corrected chi connectivity index (χ4v) is 4.34. The summed E-state index contributed by atoms with van der Waals surface area (Å²) in [5.41, 5.74) is 8.38. The van der Waals surface area contributed by atoms with Gasteiger partial charge in [0, 0.05) is 23.9 Å². The molecule has 0 radical (unpaired) electrons. The molecule has 0 spiro atoms. The first-order valence-corrected chi connectivity index (χ1v) is 13.1. The average molecular weight is 554 g/mol. The summed E-state index contributed by atoms with van der Waals surface area (Å²) < 4.78 is 50.8. The molecule has 1 unspecified atom stereocenters. The second-order valence-corrected chi connectivity index (χ2v) is 9.24. The minimum Gasteiger partial charge on any atom is -0.495 e. The van der Waals surface area contributed by atoms with E-state index < -0.39 is 17.5 Å². The summed E-state index contributed by atoms with van der Waals surface area (Å²) in [4.78, 5) is 6.85. The van der Waals surface area contributed by atoms with E-state index in [0.29, 0.717) is 46.3 Å². The smallest absolute Gasteiger partial charge is 0.416 e. The molecule has 7 nitrogen and oxygen atoms in total. The van der Waals surface area contributed by atoms with Crippen LogP contribution in [-0.2, 0) is 12.0 Å². The Morgan fingerprint density at radius 1 is 0.975 bits per heavy atom. The first-order valence-electron chi connectivity index (χ1n) is 13.1. The van der Waals surface area contributed by atoms with Gasteiger partial charge in [-0.2, -0.15) is 13.2 Å². The van der Waals surface area contributed by atoms with Crippen molar-refractivity contribution >= 4 is 17.5 Å². The number of alkyl halides is 3. The molecule has 40 heavy (non-hydrogen) atoms. The van der Waals surface area contributed by atoms with E-state index in [9.17, 15) is 13.2 Å². The summed E-state index contributed by atoms with van der Waals surface area (Å²) in [6, 6.07) is 19.5. The fraction of sp³-hybridized carbons (Fsp3) is 0.300. The Labute approximate surface area is 232 Å². The van der Waals surface area contributed by atoms with Crippen LogP contribution in [0.25, 0.3) is 5.57 Å². The lowest BCUT2D eigenvalue weighted by molar-refractivity contribution is -0.137. The first-order chi connectivity index (χ1) is 19.2. The van der Waals surface area contributed by atoms with E-state index >= 15 is 0 Å². The Bertz CT molecular complexity index is 1340. The Morgan fingerprint density at radius 3 is 2.27 bits per heavy atom. The van der Waals surface area contributed by atoms with Gasteiger partial charge in [-0.15, -0.1) is 0 Å². The average Bonchev–Trinajstić information content (AvgIpc) is 2.96. The molecule has 0 fully saturated rings. The number of para-hydroxylation sites is 2. The maximum absolute atomic E-state index is 13.2. The Balaban J connectivity index is 1.61. The number of anilines is 1. The van der Waals surface area contributed by atoms with Crippen LogP contribution in [0.1, 0.15) is 30.5 Å². The normalized spacial score (nSPS) is 17.1. The third kappa shape index (κ3) is 6.75. The van der Waals surface area contributed by atoms with E-state index in [-0.39, 0.29) is 0 Å². The van der Waals surface area contributed by atoms with Crippen LogP contribution in [0.3, 0.4) is 0 Å². The molecule has 4 N–H and O–H groups in total. The lowest BCUT2D eigenvalue weighted by atomic mass is 10.0. The Morgan fingerprint density at radius 2 is 1.65 bits per heavy atom. The number of nitrogens with two attached hydrogens (primary N) is 1. The number of methoxy groups -OCH3 is 1. The molecular formula is C30H34F3N5O2. The van der Waals surface area contributed by atoms with Gasteiger partial charge in [-0.05, 0) is 67.2 Å². The monoisotopic (exact) mass is 553 g/mol. The predicted molar refractivity (Wildman–Crippen MR) is 152 cm³/mol. The van der Waals surface area contributed by atoms with Crippen molar-refractivity contribution in [2.75, 3.05) is 38.7 Å². The van der Waals surface area contributed by atoms with Gasteiger partial charge in [0.2, 0.25) is 5.79 Å². The zero-order valence-electron chi connectivity index (χ0n) is 22.8. The van der Waals surface area contributed by atoms with Gasteiger partial charge >= 0.3 is 6.18 Å². The van der Waals surface area contributed by atoms with Crippen molar-refractivity contribution in [3.05, 3.63) is 95.3 Å². The summed E-state index contributed by atoms with van der Waals surface area (Å²) in [7, 11) is 1.56. The molecule has 10 heteroatoms. The highest BCUT2D eigenvalue weighted by Crippen LogP contribution is 2.33. The number of allylic oxidation sites excluding steroid dienone is 1. The molecule has 4 rings (SSSR count). The molecule has 0 saturated carbocycles. The van der Waals surface area contributed by atoms with Crippen LogP contribution >= 0.6 is 0 Å². The van der Waals surface area contributed by atoms with Crippen LogP contribution in [0.5, 0.6) is 11.5 Å². The maximum atomic E-state index is 13.2. The van der Waals surface area contributed by atoms with Crippen molar-refractivity contribution in [2.45, 2.75) is 25.8 Å². The third-order valence-electron chi connectivity index (χ3n) is 6.74. The zero-order valence-corrected chi connectivity index (χ0v) is 22.8. The van der Waals surface area contributed by atoms with E-state index in [2.05, 4.69) is 34.4 Å². The van der Waals surface area contributed by atoms with Gasteiger partial charge in [-0.3, -0.25) is 5.73 Å². The summed E-state index contributed by atoms with van der Waals surface area (Å²) in [6.07, 6.45) is -2.87. The number of hydrogen-bond donors (Lipinski definition) is 3. The van der Waals surface area contributed by atoms with Crippen molar-refractivity contribution in [3.63, 3.8) is 0 Å². The number of likely N-dealkylation sites (N-methyl/N-ethyl adjacent to an activating group) is 1. The first kappa shape index (κ1) is 29.0. The third-order valence-corrected chi connectivity index (χ3v) is 6.74. The highest BCUT2D eigenvalue weighted by Gasteiger charge is 2.33. The van der Waals surface area contributed by atoms with Gasteiger partial charge < -0.3 is 25.0 Å². The second kappa shape index (κ2) is 12.4. The SMILES string of the molecule is CCN(CC)CCOc1ccc(C2(N)N=CC(c3ccc(C(F)(F)F)cc3)=C(Nc3ccccc3OC)N2)cc1. The van der Waals surface area contributed by atoms with E-state index in [1.807, 2.05) is 42.5 Å².